The first-order chi connectivity index (χ1) is 13.0. The van der Waals surface area contributed by atoms with Crippen molar-refractivity contribution in [2.45, 2.75) is 18.9 Å². The molecule has 0 radical (unpaired) electrons. The van der Waals surface area contributed by atoms with Crippen LogP contribution in [0.15, 0.2) is 48.5 Å². The molecule has 0 aromatic heterocycles. The Hall–Kier alpha value is -2.73. The highest BCUT2D eigenvalue weighted by atomic mass is 16.5. The summed E-state index contributed by atoms with van der Waals surface area (Å²) in [6.45, 7) is 0.676. The highest BCUT2D eigenvalue weighted by Gasteiger charge is 2.17. The molecule has 0 saturated heterocycles. The normalized spacial score (nSPS) is 11.6. The van der Waals surface area contributed by atoms with E-state index in [1.54, 1.807) is 39.5 Å². The predicted molar refractivity (Wildman–Crippen MR) is 103 cm³/mol. The fourth-order valence-electron chi connectivity index (χ4n) is 2.65. The van der Waals surface area contributed by atoms with E-state index >= 15 is 0 Å². The summed E-state index contributed by atoms with van der Waals surface area (Å²) in [5, 5.41) is 10.4. The summed E-state index contributed by atoms with van der Waals surface area (Å²) in [6, 6.07) is 14.7. The molecule has 1 N–H and O–H groups in total. The smallest absolute Gasteiger partial charge is 0.222 e. The molecule has 2 aromatic rings. The first-order valence-electron chi connectivity index (χ1n) is 8.87. The van der Waals surface area contributed by atoms with Gasteiger partial charge in [-0.1, -0.05) is 24.3 Å². The number of carbonyl (C=O) groups excluding carboxylic acids is 1. The molecule has 0 bridgehead atoms. The molecule has 1 atom stereocenters. The number of methoxy groups -OCH3 is 2. The Bertz CT molecular complexity index is 720. The van der Waals surface area contributed by atoms with Crippen molar-refractivity contribution in [3.8, 4) is 17.2 Å². The quantitative estimate of drug-likeness (QED) is 0.649. The number of para-hydroxylation sites is 1. The lowest BCUT2D eigenvalue weighted by molar-refractivity contribution is -0.131. The summed E-state index contributed by atoms with van der Waals surface area (Å²) in [6.07, 6.45) is 0.172. The van der Waals surface area contributed by atoms with Crippen LogP contribution in [0.1, 0.15) is 24.5 Å². The van der Waals surface area contributed by atoms with Gasteiger partial charge in [-0.15, -0.1) is 0 Å². The maximum Gasteiger partial charge on any atom is 0.222 e. The fraction of sp³-hybridized carbons (Fsp3) is 0.381. The van der Waals surface area contributed by atoms with Crippen LogP contribution in [-0.4, -0.2) is 50.3 Å². The van der Waals surface area contributed by atoms with Gasteiger partial charge in [-0.05, 0) is 36.2 Å². The second kappa shape index (κ2) is 10.4. The lowest BCUT2D eigenvalue weighted by atomic mass is 10.1. The van der Waals surface area contributed by atoms with Crippen molar-refractivity contribution in [1.82, 2.24) is 4.90 Å². The van der Waals surface area contributed by atoms with Crippen molar-refractivity contribution < 1.29 is 24.1 Å². The van der Waals surface area contributed by atoms with Gasteiger partial charge < -0.3 is 24.2 Å². The van der Waals surface area contributed by atoms with Crippen LogP contribution < -0.4 is 14.2 Å². The number of carbonyl (C=O) groups is 1. The fourth-order valence-corrected chi connectivity index (χ4v) is 2.65. The van der Waals surface area contributed by atoms with Gasteiger partial charge in [0.1, 0.15) is 5.75 Å². The number of likely N-dealkylation sites (N-methyl/N-ethyl adjacent to an activating group) is 1. The maximum atomic E-state index is 12.3. The predicted octanol–water partition coefficient (Wildman–Crippen LogP) is 3.05. The Balaban J connectivity index is 1.79. The number of ether oxygens (including phenoxy) is 3. The second-order valence-electron chi connectivity index (χ2n) is 6.17. The lowest BCUT2D eigenvalue weighted by Crippen LogP contribution is -2.31. The van der Waals surface area contributed by atoms with Crippen LogP contribution >= 0.6 is 0 Å². The molecule has 0 heterocycles. The Morgan fingerprint density at radius 3 is 2.44 bits per heavy atom. The van der Waals surface area contributed by atoms with Crippen LogP contribution in [0.4, 0.5) is 0 Å². The van der Waals surface area contributed by atoms with E-state index < -0.39 is 6.10 Å². The highest BCUT2D eigenvalue weighted by molar-refractivity contribution is 5.75. The van der Waals surface area contributed by atoms with Crippen LogP contribution in [0.25, 0.3) is 0 Å². The van der Waals surface area contributed by atoms with Gasteiger partial charge >= 0.3 is 0 Å². The topological polar surface area (TPSA) is 68.2 Å². The molecule has 0 aliphatic carbocycles. The summed E-state index contributed by atoms with van der Waals surface area (Å²) in [5.41, 5.74) is 0.666. The van der Waals surface area contributed by atoms with Gasteiger partial charge in [-0.3, -0.25) is 4.79 Å². The molecule has 146 valence electrons. The van der Waals surface area contributed by atoms with Crippen LogP contribution in [0.2, 0.25) is 0 Å². The van der Waals surface area contributed by atoms with Crippen molar-refractivity contribution in [3.05, 3.63) is 54.1 Å². The van der Waals surface area contributed by atoms with Crippen molar-refractivity contribution >= 4 is 5.91 Å². The molecule has 0 spiro atoms. The maximum absolute atomic E-state index is 12.3. The van der Waals surface area contributed by atoms with E-state index in [1.807, 2.05) is 30.3 Å². The molecule has 0 fully saturated rings. The van der Waals surface area contributed by atoms with Crippen molar-refractivity contribution in [2.75, 3.05) is 34.4 Å². The Kier molecular flexibility index (Phi) is 7.95. The highest BCUT2D eigenvalue weighted by Crippen LogP contribution is 2.30. The molecule has 27 heavy (non-hydrogen) atoms. The van der Waals surface area contributed by atoms with Crippen molar-refractivity contribution in [2.24, 2.45) is 0 Å². The third kappa shape index (κ3) is 6.18. The van der Waals surface area contributed by atoms with E-state index in [0.29, 0.717) is 36.5 Å². The first-order valence-corrected chi connectivity index (χ1v) is 8.87. The molecular formula is C21H27NO5. The van der Waals surface area contributed by atoms with Crippen LogP contribution in [0.5, 0.6) is 17.2 Å². The summed E-state index contributed by atoms with van der Waals surface area (Å²) < 4.78 is 16.0. The number of rotatable bonds is 10. The Morgan fingerprint density at radius 2 is 1.78 bits per heavy atom. The molecule has 0 saturated carbocycles. The number of amides is 1. The van der Waals surface area contributed by atoms with Crippen LogP contribution in [0.3, 0.4) is 0 Å². The van der Waals surface area contributed by atoms with Gasteiger partial charge in [0.05, 0.1) is 33.5 Å². The number of benzene rings is 2. The summed E-state index contributed by atoms with van der Waals surface area (Å²) in [7, 11) is 4.79. The van der Waals surface area contributed by atoms with Gasteiger partial charge in [-0.25, -0.2) is 0 Å². The molecule has 6 heteroatoms. The molecule has 2 aromatic carbocycles. The molecule has 0 aliphatic heterocycles. The summed E-state index contributed by atoms with van der Waals surface area (Å²) in [4.78, 5) is 13.8. The summed E-state index contributed by atoms with van der Waals surface area (Å²) in [5.74, 6) is 1.89. The average Bonchev–Trinajstić information content (AvgIpc) is 2.71. The van der Waals surface area contributed by atoms with Gasteiger partial charge in [0.15, 0.2) is 11.5 Å². The monoisotopic (exact) mass is 373 g/mol. The minimum absolute atomic E-state index is 0.0359. The zero-order valence-corrected chi connectivity index (χ0v) is 16.1. The van der Waals surface area contributed by atoms with Crippen molar-refractivity contribution in [3.63, 3.8) is 0 Å². The van der Waals surface area contributed by atoms with E-state index in [2.05, 4.69) is 0 Å². The number of aliphatic hydroxyl groups excluding tert-OH is 1. The van der Waals surface area contributed by atoms with Crippen molar-refractivity contribution in [1.29, 1.82) is 0 Å². The Morgan fingerprint density at radius 1 is 1.07 bits per heavy atom. The SMILES string of the molecule is COc1ccc(C(O)CN(C)C(=O)CCCOc2ccccc2)cc1OC. The number of nitrogens with zero attached hydrogens (tertiary/aromatic N) is 1. The van der Waals surface area contributed by atoms with Gasteiger partial charge in [0.2, 0.25) is 5.91 Å². The van der Waals surface area contributed by atoms with Gasteiger partial charge in [-0.2, -0.15) is 0 Å². The van der Waals surface area contributed by atoms with Gasteiger partial charge in [0, 0.05) is 13.5 Å². The number of hydrogen-bond donors (Lipinski definition) is 1. The van der Waals surface area contributed by atoms with E-state index in [-0.39, 0.29) is 12.5 Å². The molecule has 1 amide bonds. The molecule has 6 nitrogen and oxygen atoms in total. The van der Waals surface area contributed by atoms with E-state index in [9.17, 15) is 9.90 Å². The number of aliphatic hydroxyl groups is 1. The van der Waals surface area contributed by atoms with Gasteiger partial charge in [0.25, 0.3) is 0 Å². The third-order valence-electron chi connectivity index (χ3n) is 4.21. The standard InChI is InChI=1S/C21H27NO5/c1-22(21(24)10-7-13-27-17-8-5-4-6-9-17)15-18(23)16-11-12-19(25-2)20(14-16)26-3/h4-6,8-9,11-12,14,18,23H,7,10,13,15H2,1-3H3. The molecule has 1 unspecified atom stereocenters. The summed E-state index contributed by atoms with van der Waals surface area (Å²) >= 11 is 0. The largest absolute Gasteiger partial charge is 0.494 e. The van der Waals surface area contributed by atoms with Crippen LogP contribution in [-0.2, 0) is 4.79 Å². The lowest BCUT2D eigenvalue weighted by Gasteiger charge is -2.22. The van der Waals surface area contributed by atoms with E-state index in [0.717, 1.165) is 5.75 Å². The van der Waals surface area contributed by atoms with E-state index in [4.69, 9.17) is 14.2 Å². The Labute approximate surface area is 160 Å². The molecular weight excluding hydrogens is 346 g/mol. The molecule has 2 rings (SSSR count). The zero-order chi connectivity index (χ0) is 19.6. The van der Waals surface area contributed by atoms with Crippen LogP contribution in [0, 0.1) is 0 Å². The second-order valence-corrected chi connectivity index (χ2v) is 6.17. The zero-order valence-electron chi connectivity index (χ0n) is 16.1. The number of hydrogen-bond acceptors (Lipinski definition) is 5. The minimum Gasteiger partial charge on any atom is -0.494 e. The first kappa shape index (κ1) is 20.6. The minimum atomic E-state index is -0.806. The average molecular weight is 373 g/mol. The third-order valence-corrected chi connectivity index (χ3v) is 4.21. The molecule has 0 aliphatic rings. The van der Waals surface area contributed by atoms with E-state index in [1.165, 1.54) is 4.90 Å².